The van der Waals surface area contributed by atoms with Crippen molar-refractivity contribution in [3.8, 4) is 5.75 Å². The maximum Gasteiger partial charge on any atom is 0.264 e. The van der Waals surface area contributed by atoms with E-state index in [9.17, 15) is 13.2 Å². The molecule has 1 fully saturated rings. The first-order valence-electron chi connectivity index (χ1n) is 11.8. The highest BCUT2D eigenvalue weighted by Gasteiger charge is 2.29. The zero-order chi connectivity index (χ0) is 24.8. The molecule has 1 aliphatic heterocycles. The molecule has 8 heteroatoms. The van der Waals surface area contributed by atoms with Crippen LogP contribution in [0.3, 0.4) is 0 Å². The summed E-state index contributed by atoms with van der Waals surface area (Å²) >= 11 is 0. The fourth-order valence-corrected chi connectivity index (χ4v) is 5.76. The summed E-state index contributed by atoms with van der Waals surface area (Å²) in [5.74, 6) is 0.303. The Labute approximate surface area is 207 Å². The molecule has 0 spiro atoms. The molecule has 1 heterocycles. The number of nitrogens with zero attached hydrogens (tertiary/aromatic N) is 3. The van der Waals surface area contributed by atoms with E-state index in [0.717, 1.165) is 25.2 Å². The second-order valence-electron chi connectivity index (χ2n) is 8.42. The zero-order valence-corrected chi connectivity index (χ0v) is 20.9. The molecule has 7 nitrogen and oxygen atoms in total. The van der Waals surface area contributed by atoms with Crippen molar-refractivity contribution in [1.29, 1.82) is 0 Å². The average molecular weight is 494 g/mol. The molecule has 1 saturated heterocycles. The van der Waals surface area contributed by atoms with Gasteiger partial charge in [-0.25, -0.2) is 8.42 Å². The molecule has 0 aromatic heterocycles. The Morgan fingerprint density at radius 1 is 0.914 bits per heavy atom. The van der Waals surface area contributed by atoms with Gasteiger partial charge in [0.05, 0.1) is 24.2 Å². The van der Waals surface area contributed by atoms with E-state index >= 15 is 0 Å². The Hall–Kier alpha value is -3.36. The third-order valence-corrected chi connectivity index (χ3v) is 8.05. The van der Waals surface area contributed by atoms with Gasteiger partial charge in [-0.1, -0.05) is 55.5 Å². The Morgan fingerprint density at radius 2 is 1.60 bits per heavy atom. The number of ether oxygens (including phenoxy) is 1. The number of hydrogen-bond donors (Lipinski definition) is 0. The van der Waals surface area contributed by atoms with Gasteiger partial charge in [0.1, 0.15) is 5.75 Å². The first kappa shape index (κ1) is 24.8. The van der Waals surface area contributed by atoms with Crippen molar-refractivity contribution in [2.24, 2.45) is 0 Å². The topological polar surface area (TPSA) is 70.2 Å². The van der Waals surface area contributed by atoms with Crippen LogP contribution in [0.5, 0.6) is 5.75 Å². The van der Waals surface area contributed by atoms with E-state index in [1.807, 2.05) is 30.3 Å². The summed E-state index contributed by atoms with van der Waals surface area (Å²) in [7, 11) is -2.49. The van der Waals surface area contributed by atoms with Gasteiger partial charge < -0.3 is 14.5 Å². The molecular weight excluding hydrogens is 462 g/mol. The van der Waals surface area contributed by atoms with Crippen LogP contribution in [0, 0.1) is 0 Å². The Balaban J connectivity index is 1.69. The van der Waals surface area contributed by atoms with Gasteiger partial charge in [-0.05, 0) is 42.4 Å². The van der Waals surface area contributed by atoms with Crippen LogP contribution >= 0.6 is 0 Å². The molecule has 0 unspecified atom stereocenters. The molecule has 184 valence electrons. The van der Waals surface area contributed by atoms with Gasteiger partial charge in [0.2, 0.25) is 0 Å². The lowest BCUT2D eigenvalue weighted by molar-refractivity contribution is 0.0643. The average Bonchev–Trinajstić information content (AvgIpc) is 2.92. The SMILES string of the molecule is CCN1CCN(C(=O)c2cccc(S(=O)(=O)N(Cc3ccccc3)c3ccccc3OC)c2)CC1. The van der Waals surface area contributed by atoms with Crippen molar-refractivity contribution >= 4 is 21.6 Å². The maximum absolute atomic E-state index is 14.0. The van der Waals surface area contributed by atoms with E-state index in [-0.39, 0.29) is 17.3 Å². The van der Waals surface area contributed by atoms with Crippen LogP contribution in [0.15, 0.2) is 83.8 Å². The molecule has 3 aromatic rings. The van der Waals surface area contributed by atoms with Gasteiger partial charge in [-0.2, -0.15) is 0 Å². The minimum Gasteiger partial charge on any atom is -0.495 e. The van der Waals surface area contributed by atoms with E-state index in [4.69, 9.17) is 4.74 Å². The van der Waals surface area contributed by atoms with Gasteiger partial charge in [0, 0.05) is 31.7 Å². The number of amides is 1. The van der Waals surface area contributed by atoms with Crippen LogP contribution in [0.1, 0.15) is 22.8 Å². The Bertz CT molecular complexity index is 1260. The molecule has 0 atom stereocenters. The lowest BCUT2D eigenvalue weighted by Crippen LogP contribution is -2.48. The van der Waals surface area contributed by atoms with Gasteiger partial charge in [-0.15, -0.1) is 0 Å². The van der Waals surface area contributed by atoms with Crippen LogP contribution in [-0.4, -0.2) is 64.0 Å². The Kier molecular flexibility index (Phi) is 7.73. The summed E-state index contributed by atoms with van der Waals surface area (Å²) in [6.45, 7) is 6.08. The van der Waals surface area contributed by atoms with E-state index in [1.54, 1.807) is 41.3 Å². The molecule has 4 rings (SSSR count). The first-order chi connectivity index (χ1) is 16.9. The summed E-state index contributed by atoms with van der Waals surface area (Å²) in [6.07, 6.45) is 0. The number of para-hydroxylation sites is 2. The number of benzene rings is 3. The normalized spacial score (nSPS) is 14.5. The van der Waals surface area contributed by atoms with Crippen molar-refractivity contribution in [3.05, 3.63) is 90.0 Å². The number of hydrogen-bond acceptors (Lipinski definition) is 5. The molecule has 0 N–H and O–H groups in total. The fourth-order valence-electron chi connectivity index (χ4n) is 4.25. The quantitative estimate of drug-likeness (QED) is 0.477. The predicted molar refractivity (Wildman–Crippen MR) is 137 cm³/mol. The summed E-state index contributed by atoms with van der Waals surface area (Å²) < 4.78 is 34.8. The van der Waals surface area contributed by atoms with Crippen LogP contribution in [0.25, 0.3) is 0 Å². The highest BCUT2D eigenvalue weighted by molar-refractivity contribution is 7.92. The van der Waals surface area contributed by atoms with E-state index < -0.39 is 10.0 Å². The number of methoxy groups -OCH3 is 1. The lowest BCUT2D eigenvalue weighted by Gasteiger charge is -2.34. The van der Waals surface area contributed by atoms with Crippen molar-refractivity contribution < 1.29 is 17.9 Å². The number of likely N-dealkylation sites (N-methyl/N-ethyl adjacent to an activating group) is 1. The van der Waals surface area contributed by atoms with E-state index in [2.05, 4.69) is 11.8 Å². The van der Waals surface area contributed by atoms with Crippen molar-refractivity contribution in [3.63, 3.8) is 0 Å². The summed E-state index contributed by atoms with van der Waals surface area (Å²) in [4.78, 5) is 17.3. The van der Waals surface area contributed by atoms with Crippen LogP contribution in [0.2, 0.25) is 0 Å². The third kappa shape index (κ3) is 5.49. The first-order valence-corrected chi connectivity index (χ1v) is 13.2. The number of sulfonamides is 1. The highest BCUT2D eigenvalue weighted by atomic mass is 32.2. The zero-order valence-electron chi connectivity index (χ0n) is 20.1. The van der Waals surface area contributed by atoms with Crippen LogP contribution in [-0.2, 0) is 16.6 Å². The maximum atomic E-state index is 14.0. The van der Waals surface area contributed by atoms with Crippen molar-refractivity contribution in [1.82, 2.24) is 9.80 Å². The number of carbonyl (C=O) groups excluding carboxylic acids is 1. The molecule has 0 aliphatic carbocycles. The summed E-state index contributed by atoms with van der Waals surface area (Å²) in [6, 6.07) is 22.8. The molecule has 3 aromatic carbocycles. The minimum atomic E-state index is -4.01. The van der Waals surface area contributed by atoms with Crippen LogP contribution in [0.4, 0.5) is 5.69 Å². The second-order valence-corrected chi connectivity index (χ2v) is 10.3. The number of anilines is 1. The Morgan fingerprint density at radius 3 is 2.29 bits per heavy atom. The smallest absolute Gasteiger partial charge is 0.264 e. The summed E-state index contributed by atoms with van der Waals surface area (Å²) in [5, 5.41) is 0. The molecule has 0 saturated carbocycles. The van der Waals surface area contributed by atoms with Crippen molar-refractivity contribution in [2.75, 3.05) is 44.1 Å². The van der Waals surface area contributed by atoms with E-state index in [1.165, 1.54) is 23.5 Å². The third-order valence-electron chi connectivity index (χ3n) is 6.30. The molecular formula is C27H31N3O4S. The van der Waals surface area contributed by atoms with Gasteiger partial charge in [-0.3, -0.25) is 9.10 Å². The molecule has 0 radical (unpaired) electrons. The molecule has 35 heavy (non-hydrogen) atoms. The van der Waals surface area contributed by atoms with Crippen LogP contribution < -0.4 is 9.04 Å². The van der Waals surface area contributed by atoms with Crippen molar-refractivity contribution in [2.45, 2.75) is 18.4 Å². The second kappa shape index (κ2) is 10.9. The lowest BCUT2D eigenvalue weighted by atomic mass is 10.2. The number of rotatable bonds is 8. The van der Waals surface area contributed by atoms with Gasteiger partial charge in [0.25, 0.3) is 15.9 Å². The monoisotopic (exact) mass is 493 g/mol. The van der Waals surface area contributed by atoms with E-state index in [0.29, 0.717) is 30.1 Å². The number of carbonyl (C=O) groups is 1. The standard InChI is InChI=1S/C27H31N3O4S/c1-3-28-16-18-29(19-17-28)27(31)23-12-9-13-24(20-23)35(32,33)30(21-22-10-5-4-6-11-22)25-14-7-8-15-26(25)34-2/h4-15,20H,3,16-19,21H2,1-2H3. The highest BCUT2D eigenvalue weighted by Crippen LogP contribution is 2.34. The molecule has 0 bridgehead atoms. The predicted octanol–water partition coefficient (Wildman–Crippen LogP) is 3.87. The van der Waals surface area contributed by atoms with Gasteiger partial charge in [0.15, 0.2) is 0 Å². The largest absolute Gasteiger partial charge is 0.495 e. The molecule has 1 amide bonds. The summed E-state index contributed by atoms with van der Waals surface area (Å²) in [5.41, 5.74) is 1.64. The minimum absolute atomic E-state index is 0.0670. The van der Waals surface area contributed by atoms with Gasteiger partial charge >= 0.3 is 0 Å². The number of piperazine rings is 1. The molecule has 1 aliphatic rings. The fraction of sp³-hybridized carbons (Fsp3) is 0.296.